The SMILES string of the molecule is CCOC1CC1C(=O)NC(C)(CN)C(C)C.Cl. The molecule has 3 atom stereocenters. The normalized spacial score (nSPS) is 26.0. The van der Waals surface area contributed by atoms with Crippen molar-refractivity contribution in [1.82, 2.24) is 5.32 Å². The van der Waals surface area contributed by atoms with E-state index >= 15 is 0 Å². The maximum Gasteiger partial charge on any atom is 0.226 e. The highest BCUT2D eigenvalue weighted by Crippen LogP contribution is 2.34. The molecule has 5 heteroatoms. The zero-order valence-corrected chi connectivity index (χ0v) is 12.0. The molecule has 3 N–H and O–H groups in total. The van der Waals surface area contributed by atoms with Gasteiger partial charge in [-0.25, -0.2) is 0 Å². The second-order valence-electron chi connectivity index (χ2n) is 5.10. The van der Waals surface area contributed by atoms with Gasteiger partial charge in [0.05, 0.1) is 17.6 Å². The van der Waals surface area contributed by atoms with E-state index in [4.69, 9.17) is 10.5 Å². The fraction of sp³-hybridized carbons (Fsp3) is 0.917. The molecule has 0 radical (unpaired) electrons. The van der Waals surface area contributed by atoms with Gasteiger partial charge in [0, 0.05) is 13.2 Å². The van der Waals surface area contributed by atoms with Crippen molar-refractivity contribution in [3.63, 3.8) is 0 Å². The molecule has 1 aliphatic carbocycles. The highest BCUT2D eigenvalue weighted by atomic mass is 35.5. The molecule has 17 heavy (non-hydrogen) atoms. The third-order valence-electron chi connectivity index (χ3n) is 3.56. The van der Waals surface area contributed by atoms with Gasteiger partial charge in [-0.1, -0.05) is 13.8 Å². The third kappa shape index (κ3) is 4.12. The van der Waals surface area contributed by atoms with Crippen molar-refractivity contribution in [3.05, 3.63) is 0 Å². The van der Waals surface area contributed by atoms with E-state index in [1.54, 1.807) is 0 Å². The molecule has 3 unspecified atom stereocenters. The van der Waals surface area contributed by atoms with E-state index in [2.05, 4.69) is 19.2 Å². The first kappa shape index (κ1) is 16.7. The van der Waals surface area contributed by atoms with Gasteiger partial charge in [0.25, 0.3) is 0 Å². The van der Waals surface area contributed by atoms with Gasteiger partial charge >= 0.3 is 0 Å². The van der Waals surface area contributed by atoms with Crippen molar-refractivity contribution >= 4 is 18.3 Å². The molecule has 102 valence electrons. The molecule has 0 aromatic carbocycles. The van der Waals surface area contributed by atoms with Crippen LogP contribution in [0.15, 0.2) is 0 Å². The number of rotatable bonds is 6. The highest BCUT2D eigenvalue weighted by Gasteiger charge is 2.45. The van der Waals surface area contributed by atoms with E-state index in [0.29, 0.717) is 19.1 Å². The molecule has 0 spiro atoms. The number of amides is 1. The Balaban J connectivity index is 0.00000256. The van der Waals surface area contributed by atoms with Crippen molar-refractivity contribution < 1.29 is 9.53 Å². The van der Waals surface area contributed by atoms with Crippen molar-refractivity contribution in [2.75, 3.05) is 13.2 Å². The van der Waals surface area contributed by atoms with Crippen LogP contribution in [-0.2, 0) is 9.53 Å². The van der Waals surface area contributed by atoms with E-state index in [1.165, 1.54) is 0 Å². The van der Waals surface area contributed by atoms with Gasteiger partial charge in [0.15, 0.2) is 0 Å². The molecule has 4 nitrogen and oxygen atoms in total. The lowest BCUT2D eigenvalue weighted by Gasteiger charge is -2.33. The first-order chi connectivity index (χ1) is 7.44. The van der Waals surface area contributed by atoms with Gasteiger partial charge in [0.1, 0.15) is 0 Å². The van der Waals surface area contributed by atoms with Gasteiger partial charge in [0.2, 0.25) is 5.91 Å². The fourth-order valence-electron chi connectivity index (χ4n) is 1.65. The number of nitrogens with one attached hydrogen (secondary N) is 1. The summed E-state index contributed by atoms with van der Waals surface area (Å²) < 4.78 is 5.40. The minimum Gasteiger partial charge on any atom is -0.378 e. The van der Waals surface area contributed by atoms with Crippen LogP contribution in [0.2, 0.25) is 0 Å². The van der Waals surface area contributed by atoms with Crippen LogP contribution in [0.4, 0.5) is 0 Å². The molecule has 1 amide bonds. The van der Waals surface area contributed by atoms with Crippen LogP contribution < -0.4 is 11.1 Å². The topological polar surface area (TPSA) is 64.3 Å². The number of carbonyl (C=O) groups excluding carboxylic acids is 1. The second-order valence-corrected chi connectivity index (χ2v) is 5.10. The fourth-order valence-corrected chi connectivity index (χ4v) is 1.65. The zero-order valence-electron chi connectivity index (χ0n) is 11.2. The first-order valence-corrected chi connectivity index (χ1v) is 6.08. The van der Waals surface area contributed by atoms with Crippen LogP contribution in [0.5, 0.6) is 0 Å². The minimum atomic E-state index is -0.309. The molecule has 0 aliphatic heterocycles. The highest BCUT2D eigenvalue weighted by molar-refractivity contribution is 5.85. The van der Waals surface area contributed by atoms with E-state index in [9.17, 15) is 4.79 Å². The Morgan fingerprint density at radius 2 is 2.18 bits per heavy atom. The maximum atomic E-state index is 11.9. The summed E-state index contributed by atoms with van der Waals surface area (Å²) in [5.41, 5.74) is 5.42. The Morgan fingerprint density at radius 1 is 1.59 bits per heavy atom. The van der Waals surface area contributed by atoms with Crippen LogP contribution in [0.25, 0.3) is 0 Å². The lowest BCUT2D eigenvalue weighted by molar-refractivity contribution is -0.125. The Bertz CT molecular complexity index is 261. The molecule has 0 aromatic rings. The summed E-state index contributed by atoms with van der Waals surface area (Å²) >= 11 is 0. The molecule has 1 rings (SSSR count). The predicted molar refractivity (Wildman–Crippen MR) is 71.2 cm³/mol. The third-order valence-corrected chi connectivity index (χ3v) is 3.56. The minimum absolute atomic E-state index is 0. The molecule has 0 aromatic heterocycles. The Morgan fingerprint density at radius 3 is 2.59 bits per heavy atom. The summed E-state index contributed by atoms with van der Waals surface area (Å²) in [6.45, 7) is 9.22. The second kappa shape index (κ2) is 6.57. The lowest BCUT2D eigenvalue weighted by atomic mass is 9.88. The van der Waals surface area contributed by atoms with Gasteiger partial charge < -0.3 is 15.8 Å². The van der Waals surface area contributed by atoms with E-state index in [0.717, 1.165) is 6.42 Å². The van der Waals surface area contributed by atoms with Gasteiger partial charge in [-0.05, 0) is 26.2 Å². The number of ether oxygens (including phenoxy) is 1. The quantitative estimate of drug-likeness (QED) is 0.761. The van der Waals surface area contributed by atoms with Crippen molar-refractivity contribution in [3.8, 4) is 0 Å². The average Bonchev–Trinajstić information content (AvgIpc) is 2.97. The van der Waals surface area contributed by atoms with Crippen molar-refractivity contribution in [1.29, 1.82) is 0 Å². The standard InChI is InChI=1S/C12H24N2O2.ClH/c1-5-16-10-6-9(10)11(15)14-12(4,7-13)8(2)3;/h8-10H,5-7,13H2,1-4H3,(H,14,15);1H. The number of hydrogen-bond acceptors (Lipinski definition) is 3. The summed E-state index contributed by atoms with van der Waals surface area (Å²) in [5, 5.41) is 3.05. The summed E-state index contributed by atoms with van der Waals surface area (Å²) in [7, 11) is 0. The van der Waals surface area contributed by atoms with E-state index in [-0.39, 0.29) is 35.9 Å². The van der Waals surface area contributed by atoms with Crippen molar-refractivity contribution in [2.45, 2.75) is 45.8 Å². The van der Waals surface area contributed by atoms with E-state index in [1.807, 2.05) is 13.8 Å². The van der Waals surface area contributed by atoms with Gasteiger partial charge in [-0.3, -0.25) is 4.79 Å². The molecule has 1 aliphatic rings. The molecule has 0 saturated heterocycles. The first-order valence-electron chi connectivity index (χ1n) is 6.08. The summed E-state index contributed by atoms with van der Waals surface area (Å²) in [6.07, 6.45) is 0.970. The van der Waals surface area contributed by atoms with Crippen LogP contribution in [0.1, 0.15) is 34.1 Å². The lowest BCUT2D eigenvalue weighted by Crippen LogP contribution is -2.55. The molecule has 1 fully saturated rings. The number of halogens is 1. The summed E-state index contributed by atoms with van der Waals surface area (Å²) in [5.74, 6) is 0.440. The molecular weight excluding hydrogens is 240 g/mol. The van der Waals surface area contributed by atoms with Crippen LogP contribution in [0, 0.1) is 11.8 Å². The summed E-state index contributed by atoms with van der Waals surface area (Å²) in [6, 6.07) is 0. The largest absolute Gasteiger partial charge is 0.378 e. The molecule has 0 heterocycles. The average molecular weight is 265 g/mol. The smallest absolute Gasteiger partial charge is 0.226 e. The Labute approximate surface area is 110 Å². The molecule has 1 saturated carbocycles. The predicted octanol–water partition coefficient (Wildman–Crippen LogP) is 1.32. The Hall–Kier alpha value is -0.320. The van der Waals surface area contributed by atoms with Crippen LogP contribution >= 0.6 is 12.4 Å². The number of carbonyl (C=O) groups is 1. The summed E-state index contributed by atoms with van der Waals surface area (Å²) in [4.78, 5) is 11.9. The zero-order chi connectivity index (χ0) is 12.3. The van der Waals surface area contributed by atoms with Crippen LogP contribution in [-0.4, -0.2) is 30.7 Å². The van der Waals surface area contributed by atoms with Crippen LogP contribution in [0.3, 0.4) is 0 Å². The van der Waals surface area contributed by atoms with Crippen molar-refractivity contribution in [2.24, 2.45) is 17.6 Å². The molecule has 0 bridgehead atoms. The Kier molecular flexibility index (Phi) is 6.45. The number of hydrogen-bond donors (Lipinski definition) is 2. The van der Waals surface area contributed by atoms with Gasteiger partial charge in [-0.2, -0.15) is 0 Å². The monoisotopic (exact) mass is 264 g/mol. The maximum absolute atomic E-state index is 11.9. The molecular formula is C12H25ClN2O2. The number of nitrogens with two attached hydrogens (primary N) is 1. The van der Waals surface area contributed by atoms with Gasteiger partial charge in [-0.15, -0.1) is 12.4 Å². The van der Waals surface area contributed by atoms with E-state index < -0.39 is 0 Å².